The molecule has 1 unspecified atom stereocenters. The van der Waals surface area contributed by atoms with Gasteiger partial charge in [0.2, 0.25) is 5.13 Å². The first-order valence-corrected chi connectivity index (χ1v) is 5.96. The fourth-order valence-electron chi connectivity index (χ4n) is 0.783. The lowest BCUT2D eigenvalue weighted by molar-refractivity contribution is 0.900. The van der Waals surface area contributed by atoms with Crippen molar-refractivity contribution in [1.29, 1.82) is 0 Å². The molecule has 0 aliphatic carbocycles. The van der Waals surface area contributed by atoms with Gasteiger partial charge in [-0.3, -0.25) is 0 Å². The summed E-state index contributed by atoms with van der Waals surface area (Å²) in [6.07, 6.45) is 0. The molecule has 0 bridgehead atoms. The van der Waals surface area contributed by atoms with Crippen molar-refractivity contribution in [1.82, 2.24) is 10.2 Å². The van der Waals surface area contributed by atoms with Crippen LogP contribution in [0.4, 0.5) is 5.13 Å². The van der Waals surface area contributed by atoms with Gasteiger partial charge >= 0.3 is 0 Å². The summed E-state index contributed by atoms with van der Waals surface area (Å²) in [5, 5.41) is 11.9. The number of anilines is 1. The Hall–Kier alpha value is -0.290. The van der Waals surface area contributed by atoms with E-state index >= 15 is 0 Å². The number of thioether (sulfide) groups is 1. The highest BCUT2D eigenvalue weighted by Crippen LogP contribution is 2.11. The second-order valence-corrected chi connectivity index (χ2v) is 4.60. The average Bonchev–Trinajstić information content (AvgIpc) is 2.53. The van der Waals surface area contributed by atoms with Gasteiger partial charge in [-0.15, -0.1) is 10.2 Å². The van der Waals surface area contributed by atoms with Crippen LogP contribution in [-0.4, -0.2) is 27.7 Å². The molecule has 0 aliphatic rings. The van der Waals surface area contributed by atoms with E-state index < -0.39 is 0 Å². The molecule has 0 aromatic carbocycles. The Morgan fingerprint density at radius 3 is 3.17 bits per heavy atom. The largest absolute Gasteiger partial charge is 0.357 e. The first kappa shape index (κ1) is 9.80. The van der Waals surface area contributed by atoms with E-state index in [4.69, 9.17) is 0 Å². The molecule has 1 heterocycles. The molecule has 0 amide bonds. The Kier molecular flexibility index (Phi) is 4.39. The monoisotopic (exact) mass is 203 g/mol. The molecular weight excluding hydrogens is 190 g/mol. The van der Waals surface area contributed by atoms with Crippen LogP contribution in [0.3, 0.4) is 0 Å². The Balaban J connectivity index is 2.22. The van der Waals surface area contributed by atoms with Crippen LogP contribution in [0.1, 0.15) is 13.8 Å². The summed E-state index contributed by atoms with van der Waals surface area (Å²) >= 11 is 3.47. The van der Waals surface area contributed by atoms with Crippen molar-refractivity contribution < 1.29 is 0 Å². The Morgan fingerprint density at radius 1 is 1.75 bits per heavy atom. The van der Waals surface area contributed by atoms with Gasteiger partial charge in [-0.2, -0.15) is 11.8 Å². The molecule has 1 rings (SSSR count). The third-order valence-corrected chi connectivity index (χ3v) is 3.07. The fourth-order valence-corrected chi connectivity index (χ4v) is 2.01. The maximum absolute atomic E-state index is 3.91. The van der Waals surface area contributed by atoms with Crippen LogP contribution in [0.5, 0.6) is 0 Å². The van der Waals surface area contributed by atoms with Gasteiger partial charge in [0.25, 0.3) is 0 Å². The van der Waals surface area contributed by atoms with Gasteiger partial charge in [-0.1, -0.05) is 18.3 Å². The van der Waals surface area contributed by atoms with Crippen molar-refractivity contribution in [3.05, 3.63) is 5.51 Å². The lowest BCUT2D eigenvalue weighted by Crippen LogP contribution is -2.17. The maximum atomic E-state index is 3.91. The van der Waals surface area contributed by atoms with Crippen LogP contribution >= 0.6 is 23.1 Å². The summed E-state index contributed by atoms with van der Waals surface area (Å²) in [6.45, 7) is 4.33. The number of rotatable bonds is 5. The van der Waals surface area contributed by atoms with E-state index in [0.29, 0.717) is 6.04 Å². The third kappa shape index (κ3) is 3.40. The second-order valence-electron chi connectivity index (χ2n) is 2.45. The number of hydrogen-bond acceptors (Lipinski definition) is 5. The van der Waals surface area contributed by atoms with Crippen molar-refractivity contribution in [3.63, 3.8) is 0 Å². The third-order valence-electron chi connectivity index (χ3n) is 1.30. The Labute approximate surface area is 81.0 Å². The second kappa shape index (κ2) is 5.37. The van der Waals surface area contributed by atoms with Crippen molar-refractivity contribution in [2.75, 3.05) is 16.8 Å². The molecule has 68 valence electrons. The SMILES string of the molecule is CCSCC(C)Nc1nncs1. The zero-order chi connectivity index (χ0) is 8.81. The van der Waals surface area contributed by atoms with Gasteiger partial charge in [-0.05, 0) is 12.7 Å². The summed E-state index contributed by atoms with van der Waals surface area (Å²) in [4.78, 5) is 0. The van der Waals surface area contributed by atoms with Crippen LogP contribution in [0.25, 0.3) is 0 Å². The minimum atomic E-state index is 0.475. The van der Waals surface area contributed by atoms with E-state index in [1.807, 2.05) is 11.8 Å². The standard InChI is InChI=1S/C7H13N3S2/c1-3-11-4-6(2)9-7-10-8-5-12-7/h5-6H,3-4H2,1-2H3,(H,9,10). The summed E-state index contributed by atoms with van der Waals surface area (Å²) in [5.74, 6) is 2.29. The van der Waals surface area contributed by atoms with Gasteiger partial charge in [0.05, 0.1) is 0 Å². The predicted octanol–water partition coefficient (Wildman–Crippen LogP) is 2.09. The zero-order valence-corrected chi connectivity index (χ0v) is 8.91. The summed E-state index contributed by atoms with van der Waals surface area (Å²) in [5.41, 5.74) is 1.74. The van der Waals surface area contributed by atoms with E-state index in [-0.39, 0.29) is 0 Å². The van der Waals surface area contributed by atoms with Crippen molar-refractivity contribution in [2.45, 2.75) is 19.9 Å². The molecule has 0 saturated carbocycles. The summed E-state index contributed by atoms with van der Waals surface area (Å²) in [6, 6.07) is 0.475. The van der Waals surface area contributed by atoms with Gasteiger partial charge in [0.15, 0.2) is 0 Å². The number of nitrogens with zero attached hydrogens (tertiary/aromatic N) is 2. The van der Waals surface area contributed by atoms with Gasteiger partial charge in [0.1, 0.15) is 5.51 Å². The minimum Gasteiger partial charge on any atom is -0.357 e. The van der Waals surface area contributed by atoms with E-state index in [2.05, 4.69) is 29.4 Å². The van der Waals surface area contributed by atoms with Crippen LogP contribution in [0.15, 0.2) is 5.51 Å². The molecule has 0 aliphatic heterocycles. The van der Waals surface area contributed by atoms with Crippen LogP contribution < -0.4 is 5.32 Å². The van der Waals surface area contributed by atoms with Crippen molar-refractivity contribution in [2.24, 2.45) is 0 Å². The maximum Gasteiger partial charge on any atom is 0.205 e. The molecule has 1 N–H and O–H groups in total. The first-order chi connectivity index (χ1) is 5.83. The molecular formula is C7H13N3S2. The van der Waals surface area contributed by atoms with E-state index in [1.165, 1.54) is 5.75 Å². The van der Waals surface area contributed by atoms with Crippen LogP contribution in [0.2, 0.25) is 0 Å². The van der Waals surface area contributed by atoms with Gasteiger partial charge < -0.3 is 5.32 Å². The molecule has 1 aromatic rings. The fraction of sp³-hybridized carbons (Fsp3) is 0.714. The van der Waals surface area contributed by atoms with Gasteiger partial charge in [-0.25, -0.2) is 0 Å². The average molecular weight is 203 g/mol. The number of aromatic nitrogens is 2. The highest BCUT2D eigenvalue weighted by Gasteiger charge is 2.02. The van der Waals surface area contributed by atoms with Crippen LogP contribution in [0, 0.1) is 0 Å². The molecule has 12 heavy (non-hydrogen) atoms. The first-order valence-electron chi connectivity index (χ1n) is 3.93. The molecule has 0 radical (unpaired) electrons. The highest BCUT2D eigenvalue weighted by atomic mass is 32.2. The zero-order valence-electron chi connectivity index (χ0n) is 7.28. The molecule has 1 atom stereocenters. The molecule has 0 fully saturated rings. The normalized spacial score (nSPS) is 12.8. The Bertz CT molecular complexity index is 200. The molecule has 3 nitrogen and oxygen atoms in total. The quantitative estimate of drug-likeness (QED) is 0.795. The van der Waals surface area contributed by atoms with Gasteiger partial charge in [0, 0.05) is 11.8 Å². The van der Waals surface area contributed by atoms with E-state index in [1.54, 1.807) is 16.8 Å². The van der Waals surface area contributed by atoms with E-state index in [0.717, 1.165) is 10.9 Å². The molecule has 0 spiro atoms. The van der Waals surface area contributed by atoms with Crippen molar-refractivity contribution >= 4 is 28.2 Å². The molecule has 1 aromatic heterocycles. The predicted molar refractivity (Wildman–Crippen MR) is 56.0 cm³/mol. The lowest BCUT2D eigenvalue weighted by Gasteiger charge is -2.10. The topological polar surface area (TPSA) is 37.8 Å². The van der Waals surface area contributed by atoms with Crippen LogP contribution in [-0.2, 0) is 0 Å². The molecule has 0 saturated heterocycles. The highest BCUT2D eigenvalue weighted by molar-refractivity contribution is 7.99. The number of hydrogen-bond donors (Lipinski definition) is 1. The lowest BCUT2D eigenvalue weighted by atomic mass is 10.4. The van der Waals surface area contributed by atoms with E-state index in [9.17, 15) is 0 Å². The minimum absolute atomic E-state index is 0.475. The summed E-state index contributed by atoms with van der Waals surface area (Å²) in [7, 11) is 0. The molecule has 5 heteroatoms. The smallest absolute Gasteiger partial charge is 0.205 e. The Morgan fingerprint density at radius 2 is 2.58 bits per heavy atom. The van der Waals surface area contributed by atoms with Crippen molar-refractivity contribution in [3.8, 4) is 0 Å². The summed E-state index contributed by atoms with van der Waals surface area (Å²) < 4.78 is 0. The number of nitrogens with one attached hydrogen (secondary N) is 1.